The molecular formula is C40H74N4O16. The van der Waals surface area contributed by atoms with Crippen LogP contribution < -0.4 is 0 Å². The largest absolute Gasteiger partial charge is 0.463 e. The molecule has 0 unspecified atom stereocenters. The van der Waals surface area contributed by atoms with Gasteiger partial charge in [-0.05, 0) is 0 Å². The monoisotopic (exact) mass is 867 g/mol. The van der Waals surface area contributed by atoms with E-state index in [0.717, 1.165) is 39.3 Å². The SMILES string of the molecule is COCCOCCOC(=O)CCN(CCC(=O)OCCOCCOCCOCCOC(=O)CCN(CCC(=O)OCCOC)CCN1CCOCC1)CCN1CCOCC1. The number of rotatable bonds is 39. The van der Waals surface area contributed by atoms with E-state index in [-0.39, 0.29) is 89.2 Å². The number of morpholine rings is 2. The van der Waals surface area contributed by atoms with Crippen LogP contribution in [0.25, 0.3) is 0 Å². The molecule has 0 aromatic rings. The topological polar surface area (TPSA) is 192 Å². The molecule has 350 valence electrons. The Labute approximate surface area is 356 Å². The molecule has 2 aliphatic rings. The lowest BCUT2D eigenvalue weighted by atomic mass is 10.3. The van der Waals surface area contributed by atoms with Crippen LogP contribution >= 0.6 is 0 Å². The van der Waals surface area contributed by atoms with Crippen molar-refractivity contribution in [2.45, 2.75) is 25.7 Å². The molecule has 0 aliphatic carbocycles. The van der Waals surface area contributed by atoms with Crippen LogP contribution in [0, 0.1) is 0 Å². The van der Waals surface area contributed by atoms with Gasteiger partial charge in [0.2, 0.25) is 0 Å². The Morgan fingerprint density at radius 1 is 0.400 bits per heavy atom. The van der Waals surface area contributed by atoms with Crippen molar-refractivity contribution in [3.05, 3.63) is 0 Å². The molecule has 2 aliphatic heterocycles. The average molecular weight is 867 g/mol. The highest BCUT2D eigenvalue weighted by molar-refractivity contribution is 5.71. The minimum atomic E-state index is -0.334. The highest BCUT2D eigenvalue weighted by Crippen LogP contribution is 2.04. The summed E-state index contributed by atoms with van der Waals surface area (Å²) in [6.07, 6.45) is 0.835. The molecule has 0 N–H and O–H groups in total. The van der Waals surface area contributed by atoms with Gasteiger partial charge in [-0.2, -0.15) is 0 Å². The zero-order chi connectivity index (χ0) is 43.1. The molecule has 2 rings (SSSR count). The molecule has 2 saturated heterocycles. The minimum absolute atomic E-state index is 0.129. The molecule has 0 bridgehead atoms. The minimum Gasteiger partial charge on any atom is -0.463 e. The van der Waals surface area contributed by atoms with Crippen LogP contribution in [-0.2, 0) is 76.0 Å². The summed E-state index contributed by atoms with van der Waals surface area (Å²) in [5.74, 6) is -1.27. The number of carbonyl (C=O) groups is 4. The first-order valence-electron chi connectivity index (χ1n) is 21.4. The number of nitrogens with zero attached hydrogens (tertiary/aromatic N) is 4. The first-order valence-corrected chi connectivity index (χ1v) is 21.4. The van der Waals surface area contributed by atoms with Gasteiger partial charge in [0.15, 0.2) is 0 Å². The van der Waals surface area contributed by atoms with Gasteiger partial charge in [-0.3, -0.25) is 29.0 Å². The summed E-state index contributed by atoms with van der Waals surface area (Å²) < 4.78 is 63.7. The van der Waals surface area contributed by atoms with E-state index in [1.165, 1.54) is 0 Å². The van der Waals surface area contributed by atoms with Crippen molar-refractivity contribution in [1.82, 2.24) is 19.6 Å². The fourth-order valence-corrected chi connectivity index (χ4v) is 5.84. The first kappa shape index (κ1) is 53.5. The number of carbonyl (C=O) groups excluding carboxylic acids is 4. The Hall–Kier alpha value is -2.60. The van der Waals surface area contributed by atoms with Gasteiger partial charge in [-0.25, -0.2) is 0 Å². The highest BCUT2D eigenvalue weighted by atomic mass is 16.6. The number of hydrogen-bond acceptors (Lipinski definition) is 20. The fraction of sp³-hybridized carbons (Fsp3) is 0.900. The van der Waals surface area contributed by atoms with Crippen LogP contribution in [-0.4, -0.2) is 255 Å². The maximum atomic E-state index is 12.4. The molecule has 0 atom stereocenters. The van der Waals surface area contributed by atoms with E-state index in [0.29, 0.717) is 119 Å². The van der Waals surface area contributed by atoms with Crippen LogP contribution in [0.2, 0.25) is 0 Å². The molecular weight excluding hydrogens is 792 g/mol. The lowest BCUT2D eigenvalue weighted by Gasteiger charge is -2.29. The van der Waals surface area contributed by atoms with Crippen molar-refractivity contribution in [2.24, 2.45) is 0 Å². The molecule has 60 heavy (non-hydrogen) atoms. The smallest absolute Gasteiger partial charge is 0.307 e. The highest BCUT2D eigenvalue weighted by Gasteiger charge is 2.18. The van der Waals surface area contributed by atoms with Crippen molar-refractivity contribution < 1.29 is 76.0 Å². The van der Waals surface area contributed by atoms with Crippen LogP contribution in [0.5, 0.6) is 0 Å². The number of ether oxygens (including phenoxy) is 12. The third-order valence-corrected chi connectivity index (χ3v) is 9.40. The molecule has 0 aromatic heterocycles. The molecule has 0 spiro atoms. The normalized spacial score (nSPS) is 15.1. The maximum Gasteiger partial charge on any atom is 0.307 e. The van der Waals surface area contributed by atoms with Crippen molar-refractivity contribution >= 4 is 23.9 Å². The van der Waals surface area contributed by atoms with Crippen LogP contribution in [0.15, 0.2) is 0 Å². The van der Waals surface area contributed by atoms with E-state index in [9.17, 15) is 19.2 Å². The third-order valence-electron chi connectivity index (χ3n) is 9.40. The van der Waals surface area contributed by atoms with Gasteiger partial charge in [-0.1, -0.05) is 0 Å². The number of esters is 4. The second-order valence-corrected chi connectivity index (χ2v) is 13.9. The van der Waals surface area contributed by atoms with E-state index in [4.69, 9.17) is 56.8 Å². The second-order valence-electron chi connectivity index (χ2n) is 13.9. The van der Waals surface area contributed by atoms with Gasteiger partial charge in [0.25, 0.3) is 0 Å². The molecule has 0 radical (unpaired) electrons. The molecule has 0 saturated carbocycles. The molecule has 0 aromatic carbocycles. The summed E-state index contributed by atoms with van der Waals surface area (Å²) in [4.78, 5) is 58.0. The van der Waals surface area contributed by atoms with Crippen LogP contribution in [0.3, 0.4) is 0 Å². The van der Waals surface area contributed by atoms with E-state index in [1.807, 2.05) is 0 Å². The molecule has 2 heterocycles. The Morgan fingerprint density at radius 3 is 0.983 bits per heavy atom. The van der Waals surface area contributed by atoms with E-state index < -0.39 is 0 Å². The van der Waals surface area contributed by atoms with E-state index >= 15 is 0 Å². The van der Waals surface area contributed by atoms with Gasteiger partial charge in [0.05, 0.1) is 118 Å². The van der Waals surface area contributed by atoms with Gasteiger partial charge in [0, 0.05) is 92.8 Å². The van der Waals surface area contributed by atoms with Gasteiger partial charge in [-0.15, -0.1) is 0 Å². The molecule has 2 fully saturated rings. The molecule has 0 amide bonds. The fourth-order valence-electron chi connectivity index (χ4n) is 5.84. The Kier molecular flexibility index (Phi) is 34.0. The number of hydrogen-bond donors (Lipinski definition) is 0. The summed E-state index contributed by atoms with van der Waals surface area (Å²) >= 11 is 0. The zero-order valence-electron chi connectivity index (χ0n) is 36.4. The second kappa shape index (κ2) is 38.1. The molecule has 20 nitrogen and oxygen atoms in total. The van der Waals surface area contributed by atoms with Gasteiger partial charge < -0.3 is 66.6 Å². The quantitative estimate of drug-likeness (QED) is 0.0430. The van der Waals surface area contributed by atoms with Crippen molar-refractivity contribution in [3.63, 3.8) is 0 Å². The van der Waals surface area contributed by atoms with Crippen LogP contribution in [0.1, 0.15) is 25.7 Å². The van der Waals surface area contributed by atoms with Crippen molar-refractivity contribution in [3.8, 4) is 0 Å². The predicted molar refractivity (Wildman–Crippen MR) is 217 cm³/mol. The van der Waals surface area contributed by atoms with Gasteiger partial charge >= 0.3 is 23.9 Å². The average Bonchev–Trinajstić information content (AvgIpc) is 3.26. The van der Waals surface area contributed by atoms with Crippen molar-refractivity contribution in [2.75, 3.05) is 212 Å². The standard InChI is InChI=1S/C40H74N4O16/c1-49-23-25-53-30-34-58-38(46)4-9-42(12-14-44-17-21-52-22-18-44)10-6-40(48)60-36-32-56-29-27-54-26-28-55-31-35-59-39(47)5-8-41(7-3-37(45)57-33-24-50-2)11-13-43-15-19-51-20-16-43/h3-36H2,1-2H3. The van der Waals surface area contributed by atoms with Gasteiger partial charge in [0.1, 0.15) is 26.4 Å². The van der Waals surface area contributed by atoms with E-state index in [2.05, 4.69) is 19.6 Å². The Bertz CT molecular complexity index is 1080. The maximum absolute atomic E-state index is 12.4. The Morgan fingerprint density at radius 2 is 0.667 bits per heavy atom. The van der Waals surface area contributed by atoms with Crippen LogP contribution in [0.4, 0.5) is 0 Å². The summed E-state index contributed by atoms with van der Waals surface area (Å²) in [6.45, 7) is 15.3. The summed E-state index contributed by atoms with van der Waals surface area (Å²) in [5.41, 5.74) is 0. The third kappa shape index (κ3) is 31.3. The lowest BCUT2D eigenvalue weighted by molar-refractivity contribution is -0.147. The summed E-state index contributed by atoms with van der Waals surface area (Å²) in [7, 11) is 3.15. The predicted octanol–water partition coefficient (Wildman–Crippen LogP) is -0.653. The Balaban J connectivity index is 1.48. The zero-order valence-corrected chi connectivity index (χ0v) is 36.4. The lowest BCUT2D eigenvalue weighted by Crippen LogP contribution is -2.42. The summed E-state index contributed by atoms with van der Waals surface area (Å²) in [6, 6.07) is 0. The summed E-state index contributed by atoms with van der Waals surface area (Å²) in [5, 5.41) is 0. The van der Waals surface area contributed by atoms with Crippen molar-refractivity contribution in [1.29, 1.82) is 0 Å². The first-order chi connectivity index (χ1) is 29.4. The van der Waals surface area contributed by atoms with E-state index in [1.54, 1.807) is 14.2 Å². The number of methoxy groups -OCH3 is 2. The molecule has 20 heteroatoms.